The average molecular weight is 211 g/mol. The highest BCUT2D eigenvalue weighted by Crippen LogP contribution is 2.12. The number of hydrogen-bond donors (Lipinski definition) is 0. The second-order valence-electron chi connectivity index (χ2n) is 4.33. The molecule has 0 aliphatic carbocycles. The van der Waals surface area contributed by atoms with E-state index >= 15 is 0 Å². The molecular weight excluding hydrogens is 182 g/mol. The SMILES string of the molecule is C=C[C@@H](CCCCC)N(CCC)CCC. The van der Waals surface area contributed by atoms with Crippen LogP contribution in [0.3, 0.4) is 0 Å². The lowest BCUT2D eigenvalue weighted by molar-refractivity contribution is 0.217. The van der Waals surface area contributed by atoms with Crippen LogP contribution in [-0.4, -0.2) is 24.0 Å². The molecule has 0 heterocycles. The molecule has 0 saturated heterocycles. The van der Waals surface area contributed by atoms with Crippen LogP contribution in [0.1, 0.15) is 59.3 Å². The molecule has 1 atom stereocenters. The second-order valence-corrected chi connectivity index (χ2v) is 4.33. The molecule has 0 aliphatic heterocycles. The predicted molar refractivity (Wildman–Crippen MR) is 70.3 cm³/mol. The Kier molecular flexibility index (Phi) is 10.0. The first kappa shape index (κ1) is 14.7. The molecule has 90 valence electrons. The normalized spacial score (nSPS) is 13.1. The Morgan fingerprint density at radius 2 is 1.60 bits per heavy atom. The Morgan fingerprint density at radius 1 is 1.00 bits per heavy atom. The monoisotopic (exact) mass is 211 g/mol. The van der Waals surface area contributed by atoms with Crippen LogP contribution in [-0.2, 0) is 0 Å². The van der Waals surface area contributed by atoms with Gasteiger partial charge in [0.05, 0.1) is 0 Å². The van der Waals surface area contributed by atoms with E-state index in [1.807, 2.05) is 0 Å². The molecule has 0 spiro atoms. The smallest absolute Gasteiger partial charge is 0.0275 e. The standard InChI is InChI=1S/C14H29N/c1-5-9-10-11-14(8-4)15(12-6-2)13-7-3/h8,14H,4-7,9-13H2,1-3H3/t14-/m0/s1. The molecule has 1 nitrogen and oxygen atoms in total. The summed E-state index contributed by atoms with van der Waals surface area (Å²) >= 11 is 0. The molecule has 0 aromatic carbocycles. The lowest BCUT2D eigenvalue weighted by atomic mass is 10.1. The number of nitrogens with zero attached hydrogens (tertiary/aromatic N) is 1. The van der Waals surface area contributed by atoms with Gasteiger partial charge in [0, 0.05) is 6.04 Å². The molecule has 0 N–H and O–H groups in total. The Morgan fingerprint density at radius 3 is 2.00 bits per heavy atom. The van der Waals surface area contributed by atoms with E-state index in [4.69, 9.17) is 0 Å². The van der Waals surface area contributed by atoms with E-state index in [9.17, 15) is 0 Å². The average Bonchev–Trinajstić information content (AvgIpc) is 2.24. The van der Waals surface area contributed by atoms with Crippen molar-refractivity contribution in [2.45, 2.75) is 65.3 Å². The van der Waals surface area contributed by atoms with Gasteiger partial charge in [-0.3, -0.25) is 4.90 Å². The molecular formula is C14H29N. The van der Waals surface area contributed by atoms with Crippen LogP contribution in [0.25, 0.3) is 0 Å². The minimum Gasteiger partial charge on any atom is -0.297 e. The molecule has 0 unspecified atom stereocenters. The molecule has 0 aromatic rings. The van der Waals surface area contributed by atoms with Crippen molar-refractivity contribution in [3.05, 3.63) is 12.7 Å². The van der Waals surface area contributed by atoms with Gasteiger partial charge in [-0.15, -0.1) is 6.58 Å². The van der Waals surface area contributed by atoms with Gasteiger partial charge in [-0.25, -0.2) is 0 Å². The predicted octanol–water partition coefficient (Wildman–Crippen LogP) is 4.24. The third kappa shape index (κ3) is 6.72. The zero-order valence-corrected chi connectivity index (χ0v) is 11.0. The maximum atomic E-state index is 3.98. The molecule has 0 saturated carbocycles. The summed E-state index contributed by atoms with van der Waals surface area (Å²) in [6.45, 7) is 13.2. The molecule has 0 aliphatic rings. The van der Waals surface area contributed by atoms with E-state index in [1.54, 1.807) is 0 Å². The quantitative estimate of drug-likeness (QED) is 0.386. The summed E-state index contributed by atoms with van der Waals surface area (Å²) in [5, 5.41) is 0. The first-order valence-electron chi connectivity index (χ1n) is 6.66. The van der Waals surface area contributed by atoms with Crippen LogP contribution in [0.15, 0.2) is 12.7 Å². The van der Waals surface area contributed by atoms with Crippen LogP contribution >= 0.6 is 0 Å². The highest BCUT2D eigenvalue weighted by atomic mass is 15.1. The summed E-state index contributed by atoms with van der Waals surface area (Å²) in [6.07, 6.45) is 9.94. The molecule has 0 bridgehead atoms. The minimum atomic E-state index is 0.608. The third-order valence-corrected chi connectivity index (χ3v) is 2.87. The van der Waals surface area contributed by atoms with Crippen molar-refractivity contribution in [2.24, 2.45) is 0 Å². The number of hydrogen-bond acceptors (Lipinski definition) is 1. The van der Waals surface area contributed by atoms with Gasteiger partial charge in [0.1, 0.15) is 0 Å². The Hall–Kier alpha value is -0.300. The van der Waals surface area contributed by atoms with E-state index in [-0.39, 0.29) is 0 Å². The second kappa shape index (κ2) is 10.2. The van der Waals surface area contributed by atoms with Crippen molar-refractivity contribution in [1.29, 1.82) is 0 Å². The molecule has 15 heavy (non-hydrogen) atoms. The fourth-order valence-electron chi connectivity index (χ4n) is 2.07. The number of rotatable bonds is 10. The Labute approximate surface area is 96.6 Å². The van der Waals surface area contributed by atoms with Gasteiger partial charge in [-0.2, -0.15) is 0 Å². The van der Waals surface area contributed by atoms with Crippen LogP contribution in [0, 0.1) is 0 Å². The van der Waals surface area contributed by atoms with E-state index in [1.165, 1.54) is 51.6 Å². The van der Waals surface area contributed by atoms with Gasteiger partial charge in [-0.05, 0) is 32.4 Å². The van der Waals surface area contributed by atoms with E-state index in [0.29, 0.717) is 6.04 Å². The summed E-state index contributed by atoms with van der Waals surface area (Å²) < 4.78 is 0. The van der Waals surface area contributed by atoms with Gasteiger partial charge < -0.3 is 0 Å². The lowest BCUT2D eigenvalue weighted by Crippen LogP contribution is -2.35. The maximum Gasteiger partial charge on any atom is 0.0275 e. The topological polar surface area (TPSA) is 3.24 Å². The van der Waals surface area contributed by atoms with Gasteiger partial charge >= 0.3 is 0 Å². The molecule has 0 radical (unpaired) electrons. The van der Waals surface area contributed by atoms with Crippen LogP contribution in [0.4, 0.5) is 0 Å². The minimum absolute atomic E-state index is 0.608. The summed E-state index contributed by atoms with van der Waals surface area (Å²) in [7, 11) is 0. The fraction of sp³-hybridized carbons (Fsp3) is 0.857. The summed E-state index contributed by atoms with van der Waals surface area (Å²) in [5.41, 5.74) is 0. The summed E-state index contributed by atoms with van der Waals surface area (Å²) in [5.74, 6) is 0. The Balaban J connectivity index is 3.99. The fourth-order valence-corrected chi connectivity index (χ4v) is 2.07. The summed E-state index contributed by atoms with van der Waals surface area (Å²) in [4.78, 5) is 2.59. The molecule has 0 aromatic heterocycles. The first-order valence-corrected chi connectivity index (χ1v) is 6.66. The van der Waals surface area contributed by atoms with Crippen LogP contribution < -0.4 is 0 Å². The van der Waals surface area contributed by atoms with Gasteiger partial charge in [0.25, 0.3) is 0 Å². The van der Waals surface area contributed by atoms with Crippen molar-refractivity contribution >= 4 is 0 Å². The van der Waals surface area contributed by atoms with E-state index < -0.39 is 0 Å². The molecule has 1 heteroatoms. The van der Waals surface area contributed by atoms with Gasteiger partial charge in [0.2, 0.25) is 0 Å². The maximum absolute atomic E-state index is 3.98. The van der Waals surface area contributed by atoms with Gasteiger partial charge in [-0.1, -0.05) is 46.1 Å². The van der Waals surface area contributed by atoms with Crippen molar-refractivity contribution in [1.82, 2.24) is 4.90 Å². The molecule has 0 amide bonds. The molecule has 0 fully saturated rings. The first-order chi connectivity index (χ1) is 7.29. The van der Waals surface area contributed by atoms with Crippen LogP contribution in [0.5, 0.6) is 0 Å². The highest BCUT2D eigenvalue weighted by Gasteiger charge is 2.12. The highest BCUT2D eigenvalue weighted by molar-refractivity contribution is 4.87. The third-order valence-electron chi connectivity index (χ3n) is 2.87. The molecule has 0 rings (SSSR count). The number of unbranched alkanes of at least 4 members (excludes halogenated alkanes) is 2. The largest absolute Gasteiger partial charge is 0.297 e. The summed E-state index contributed by atoms with van der Waals surface area (Å²) in [6, 6.07) is 0.608. The van der Waals surface area contributed by atoms with Crippen molar-refractivity contribution in [3.63, 3.8) is 0 Å². The zero-order chi connectivity index (χ0) is 11.5. The van der Waals surface area contributed by atoms with E-state index in [2.05, 4.69) is 38.3 Å². The van der Waals surface area contributed by atoms with Crippen LogP contribution in [0.2, 0.25) is 0 Å². The van der Waals surface area contributed by atoms with Gasteiger partial charge in [0.15, 0.2) is 0 Å². The van der Waals surface area contributed by atoms with Crippen molar-refractivity contribution in [2.75, 3.05) is 13.1 Å². The van der Waals surface area contributed by atoms with E-state index in [0.717, 1.165) is 0 Å². The van der Waals surface area contributed by atoms with Crippen molar-refractivity contribution in [3.8, 4) is 0 Å². The van der Waals surface area contributed by atoms with Crippen molar-refractivity contribution < 1.29 is 0 Å². The lowest BCUT2D eigenvalue weighted by Gasteiger charge is -2.29. The zero-order valence-electron chi connectivity index (χ0n) is 11.0. The Bertz CT molecular complexity index is 136.